The maximum absolute atomic E-state index is 12.1. The molecule has 1 saturated heterocycles. The lowest BCUT2D eigenvalue weighted by molar-refractivity contribution is -0.132. The van der Waals surface area contributed by atoms with Crippen molar-refractivity contribution >= 4 is 11.8 Å². The van der Waals surface area contributed by atoms with Crippen LogP contribution in [0.1, 0.15) is 16.2 Å². The number of piperazine rings is 1. The molecular weight excluding hydrogens is 274 g/mol. The van der Waals surface area contributed by atoms with Crippen molar-refractivity contribution in [2.75, 3.05) is 26.2 Å². The zero-order valence-electron chi connectivity index (χ0n) is 11.4. The predicted octanol–water partition coefficient (Wildman–Crippen LogP) is 0.795. The van der Waals surface area contributed by atoms with E-state index < -0.39 is 0 Å². The molecule has 3 rings (SSSR count). The third-order valence-corrected chi connectivity index (χ3v) is 3.48. The zero-order valence-corrected chi connectivity index (χ0v) is 11.4. The Morgan fingerprint density at radius 1 is 1.10 bits per heavy atom. The molecule has 2 aromatic rings. The molecule has 2 amide bonds. The summed E-state index contributed by atoms with van der Waals surface area (Å²) < 4.78 is 9.81. The van der Waals surface area contributed by atoms with Gasteiger partial charge in [0.25, 0.3) is 5.91 Å². The molecule has 0 spiro atoms. The summed E-state index contributed by atoms with van der Waals surface area (Å²) in [5.74, 6) is 0.190. The van der Waals surface area contributed by atoms with E-state index in [0.717, 1.165) is 0 Å². The van der Waals surface area contributed by atoms with Crippen LogP contribution in [0.5, 0.6) is 0 Å². The average Bonchev–Trinajstić information content (AvgIpc) is 3.20. The van der Waals surface area contributed by atoms with Crippen LogP contribution < -0.4 is 0 Å². The fourth-order valence-corrected chi connectivity index (χ4v) is 2.31. The fraction of sp³-hybridized carbons (Fsp3) is 0.357. The molecule has 0 saturated carbocycles. The minimum atomic E-state index is -0.136. The summed E-state index contributed by atoms with van der Waals surface area (Å²) in [5, 5.41) is 3.73. The number of hydrogen-bond acceptors (Lipinski definition) is 5. The van der Waals surface area contributed by atoms with E-state index in [-0.39, 0.29) is 18.2 Å². The summed E-state index contributed by atoms with van der Waals surface area (Å²) in [5.41, 5.74) is 0.620. The van der Waals surface area contributed by atoms with Gasteiger partial charge in [0.1, 0.15) is 6.26 Å². The van der Waals surface area contributed by atoms with Gasteiger partial charge in [-0.15, -0.1) is 0 Å². The van der Waals surface area contributed by atoms with Gasteiger partial charge in [-0.3, -0.25) is 9.59 Å². The monoisotopic (exact) mass is 289 g/mol. The second kappa shape index (κ2) is 5.82. The Balaban J connectivity index is 1.53. The van der Waals surface area contributed by atoms with Crippen molar-refractivity contribution in [2.45, 2.75) is 6.42 Å². The molecular formula is C14H15N3O4. The van der Waals surface area contributed by atoms with Crippen LogP contribution in [-0.4, -0.2) is 52.9 Å². The number of carbonyl (C=O) groups is 2. The SMILES string of the molecule is O=C(Cc1ccon1)N1CCN(C(=O)c2ccco2)CC1. The first kappa shape index (κ1) is 13.4. The molecule has 0 aliphatic carbocycles. The summed E-state index contributed by atoms with van der Waals surface area (Å²) in [6.07, 6.45) is 3.15. The second-order valence-corrected chi connectivity index (χ2v) is 4.82. The number of rotatable bonds is 3. The Hall–Kier alpha value is -2.57. The molecule has 7 heteroatoms. The number of carbonyl (C=O) groups excluding carboxylic acids is 2. The molecule has 1 aliphatic heterocycles. The van der Waals surface area contributed by atoms with Crippen molar-refractivity contribution in [2.24, 2.45) is 0 Å². The van der Waals surface area contributed by atoms with Crippen LogP contribution in [0.4, 0.5) is 0 Å². The standard InChI is InChI=1S/C14H15N3O4/c18-13(10-11-3-9-21-15-11)16-4-6-17(7-5-16)14(19)12-2-1-8-20-12/h1-3,8-9H,4-7,10H2. The van der Waals surface area contributed by atoms with Gasteiger partial charge in [-0.05, 0) is 12.1 Å². The highest BCUT2D eigenvalue weighted by molar-refractivity contribution is 5.91. The first-order chi connectivity index (χ1) is 10.2. The highest BCUT2D eigenvalue weighted by Crippen LogP contribution is 2.10. The van der Waals surface area contributed by atoms with E-state index in [1.165, 1.54) is 12.5 Å². The molecule has 3 heterocycles. The molecule has 0 N–H and O–H groups in total. The Kier molecular flexibility index (Phi) is 3.72. The Morgan fingerprint density at radius 2 is 1.86 bits per heavy atom. The molecule has 110 valence electrons. The molecule has 1 aliphatic rings. The Bertz CT molecular complexity index is 598. The summed E-state index contributed by atoms with van der Waals surface area (Å²) in [6.45, 7) is 2.04. The molecule has 0 atom stereocenters. The van der Waals surface area contributed by atoms with Gasteiger partial charge in [-0.2, -0.15) is 0 Å². The Labute approximate surface area is 121 Å². The Morgan fingerprint density at radius 3 is 2.48 bits per heavy atom. The van der Waals surface area contributed by atoms with Gasteiger partial charge < -0.3 is 18.7 Å². The third kappa shape index (κ3) is 2.96. The van der Waals surface area contributed by atoms with E-state index in [9.17, 15) is 9.59 Å². The molecule has 2 aromatic heterocycles. The van der Waals surface area contributed by atoms with E-state index in [1.54, 1.807) is 28.0 Å². The molecule has 21 heavy (non-hydrogen) atoms. The third-order valence-electron chi connectivity index (χ3n) is 3.48. The largest absolute Gasteiger partial charge is 0.459 e. The summed E-state index contributed by atoms with van der Waals surface area (Å²) in [4.78, 5) is 27.6. The van der Waals surface area contributed by atoms with Crippen LogP contribution in [0.25, 0.3) is 0 Å². The second-order valence-electron chi connectivity index (χ2n) is 4.82. The van der Waals surface area contributed by atoms with Crippen LogP contribution in [0.2, 0.25) is 0 Å². The quantitative estimate of drug-likeness (QED) is 0.834. The first-order valence-corrected chi connectivity index (χ1v) is 6.74. The minimum Gasteiger partial charge on any atom is -0.459 e. The van der Waals surface area contributed by atoms with Crippen molar-refractivity contribution < 1.29 is 18.5 Å². The van der Waals surface area contributed by atoms with E-state index in [4.69, 9.17) is 8.94 Å². The maximum atomic E-state index is 12.1. The van der Waals surface area contributed by atoms with Crippen LogP contribution in [0.3, 0.4) is 0 Å². The van der Waals surface area contributed by atoms with Gasteiger partial charge in [0.2, 0.25) is 5.91 Å². The summed E-state index contributed by atoms with van der Waals surface area (Å²) in [7, 11) is 0. The van der Waals surface area contributed by atoms with Crippen molar-refractivity contribution in [1.29, 1.82) is 0 Å². The van der Waals surface area contributed by atoms with Crippen molar-refractivity contribution in [3.63, 3.8) is 0 Å². The molecule has 7 nitrogen and oxygen atoms in total. The van der Waals surface area contributed by atoms with Crippen LogP contribution in [-0.2, 0) is 11.2 Å². The highest BCUT2D eigenvalue weighted by Gasteiger charge is 2.26. The zero-order chi connectivity index (χ0) is 14.7. The molecule has 0 radical (unpaired) electrons. The molecule has 0 bridgehead atoms. The summed E-state index contributed by atoms with van der Waals surface area (Å²) in [6, 6.07) is 5.00. The number of nitrogens with zero attached hydrogens (tertiary/aromatic N) is 3. The smallest absolute Gasteiger partial charge is 0.289 e. The van der Waals surface area contributed by atoms with Gasteiger partial charge in [0.05, 0.1) is 18.4 Å². The predicted molar refractivity (Wildman–Crippen MR) is 71.4 cm³/mol. The molecule has 1 fully saturated rings. The normalized spacial score (nSPS) is 15.2. The van der Waals surface area contributed by atoms with Crippen LogP contribution in [0.15, 0.2) is 39.7 Å². The van der Waals surface area contributed by atoms with Crippen molar-refractivity contribution in [3.05, 3.63) is 42.2 Å². The van der Waals surface area contributed by atoms with E-state index in [1.807, 2.05) is 0 Å². The van der Waals surface area contributed by atoms with Crippen LogP contribution >= 0.6 is 0 Å². The minimum absolute atomic E-state index is 0.00556. The van der Waals surface area contributed by atoms with Crippen molar-refractivity contribution in [3.8, 4) is 0 Å². The molecule has 0 unspecified atom stereocenters. The lowest BCUT2D eigenvalue weighted by Gasteiger charge is -2.34. The topological polar surface area (TPSA) is 79.8 Å². The van der Waals surface area contributed by atoms with Gasteiger partial charge in [0.15, 0.2) is 5.76 Å². The van der Waals surface area contributed by atoms with Gasteiger partial charge in [-0.25, -0.2) is 0 Å². The van der Waals surface area contributed by atoms with Gasteiger partial charge in [0, 0.05) is 32.2 Å². The van der Waals surface area contributed by atoms with Gasteiger partial charge in [-0.1, -0.05) is 5.16 Å². The first-order valence-electron chi connectivity index (χ1n) is 6.74. The molecule has 0 aromatic carbocycles. The van der Waals surface area contributed by atoms with E-state index in [0.29, 0.717) is 37.6 Å². The number of amides is 2. The summed E-state index contributed by atoms with van der Waals surface area (Å²) >= 11 is 0. The highest BCUT2D eigenvalue weighted by atomic mass is 16.5. The number of furan rings is 1. The van der Waals surface area contributed by atoms with Gasteiger partial charge >= 0.3 is 0 Å². The maximum Gasteiger partial charge on any atom is 0.289 e. The van der Waals surface area contributed by atoms with Crippen LogP contribution in [0, 0.1) is 0 Å². The lowest BCUT2D eigenvalue weighted by Crippen LogP contribution is -2.50. The number of aromatic nitrogens is 1. The van der Waals surface area contributed by atoms with E-state index >= 15 is 0 Å². The van der Waals surface area contributed by atoms with Crippen molar-refractivity contribution in [1.82, 2.24) is 15.0 Å². The number of hydrogen-bond donors (Lipinski definition) is 0. The lowest BCUT2D eigenvalue weighted by atomic mass is 10.2. The van der Waals surface area contributed by atoms with E-state index in [2.05, 4.69) is 5.16 Å². The fourth-order valence-electron chi connectivity index (χ4n) is 2.31. The average molecular weight is 289 g/mol.